The molecule has 0 unspecified atom stereocenters. The van der Waals surface area contributed by atoms with Gasteiger partial charge in [-0.15, -0.1) is 11.8 Å². The Morgan fingerprint density at radius 1 is 1.12 bits per heavy atom. The molecule has 0 atom stereocenters. The molecule has 124 valence electrons. The minimum absolute atomic E-state index is 0.374. The van der Waals surface area contributed by atoms with Crippen molar-refractivity contribution in [2.75, 3.05) is 19.1 Å². The van der Waals surface area contributed by atoms with Crippen LogP contribution in [0, 0.1) is 6.92 Å². The second-order valence-corrected chi connectivity index (χ2v) is 6.29. The number of nitrogens with zero attached hydrogens (tertiary/aromatic N) is 1. The van der Waals surface area contributed by atoms with Crippen LogP contribution in [-0.2, 0) is 6.61 Å². The first-order valence-electron chi connectivity index (χ1n) is 7.62. The summed E-state index contributed by atoms with van der Waals surface area (Å²) in [6.45, 7) is 2.35. The summed E-state index contributed by atoms with van der Waals surface area (Å²) < 4.78 is 11.6. The van der Waals surface area contributed by atoms with Crippen molar-refractivity contribution in [3.63, 3.8) is 0 Å². The fourth-order valence-corrected chi connectivity index (χ4v) is 3.28. The van der Waals surface area contributed by atoms with Crippen LogP contribution >= 0.6 is 11.8 Å². The van der Waals surface area contributed by atoms with Gasteiger partial charge >= 0.3 is 0 Å². The molecule has 5 heteroatoms. The maximum Gasteiger partial charge on any atom is 0.149 e. The van der Waals surface area contributed by atoms with Crippen molar-refractivity contribution in [2.45, 2.75) is 18.4 Å². The van der Waals surface area contributed by atoms with Gasteiger partial charge in [0.05, 0.1) is 12.8 Å². The SMILES string of the molecule is COc1c(N)ccc(SC)c1COc1cccc2ccc(C)nc12. The van der Waals surface area contributed by atoms with Crippen LogP contribution in [0.25, 0.3) is 10.9 Å². The molecule has 3 rings (SSSR count). The molecule has 2 N–H and O–H groups in total. The van der Waals surface area contributed by atoms with Gasteiger partial charge in [-0.25, -0.2) is 4.98 Å². The quantitative estimate of drug-likeness (QED) is 0.550. The number of hydrogen-bond acceptors (Lipinski definition) is 5. The lowest BCUT2D eigenvalue weighted by molar-refractivity contribution is 0.296. The molecule has 0 saturated carbocycles. The second kappa shape index (κ2) is 7.01. The molecular formula is C19H20N2O2S. The van der Waals surface area contributed by atoms with Crippen LogP contribution in [0.15, 0.2) is 47.4 Å². The molecule has 0 fully saturated rings. The summed E-state index contributed by atoms with van der Waals surface area (Å²) >= 11 is 1.64. The molecule has 1 aromatic heterocycles. The standard InChI is InChI=1S/C19H20N2O2S/c1-12-7-8-13-5-4-6-16(18(13)21-12)23-11-14-17(24-3)10-9-15(20)19(14)22-2/h4-10H,11,20H2,1-3H3. The van der Waals surface area contributed by atoms with Gasteiger partial charge in [0.25, 0.3) is 0 Å². The first-order valence-corrected chi connectivity index (χ1v) is 8.85. The molecule has 0 aliphatic carbocycles. The van der Waals surface area contributed by atoms with Gasteiger partial charge < -0.3 is 15.2 Å². The highest BCUT2D eigenvalue weighted by Gasteiger charge is 2.14. The Labute approximate surface area is 146 Å². The van der Waals surface area contributed by atoms with Crippen LogP contribution in [0.4, 0.5) is 5.69 Å². The summed E-state index contributed by atoms with van der Waals surface area (Å²) in [5.74, 6) is 1.43. The van der Waals surface area contributed by atoms with Crippen LogP contribution in [0.1, 0.15) is 11.3 Å². The number of aryl methyl sites for hydroxylation is 1. The summed E-state index contributed by atoms with van der Waals surface area (Å²) in [6.07, 6.45) is 2.03. The monoisotopic (exact) mass is 340 g/mol. The largest absolute Gasteiger partial charge is 0.494 e. The summed E-state index contributed by atoms with van der Waals surface area (Å²) in [6, 6.07) is 13.8. The van der Waals surface area contributed by atoms with E-state index in [0.717, 1.165) is 32.8 Å². The number of nitrogen functional groups attached to an aromatic ring is 1. The van der Waals surface area contributed by atoms with Crippen LogP contribution in [0.2, 0.25) is 0 Å². The lowest BCUT2D eigenvalue weighted by atomic mass is 10.1. The fraction of sp³-hybridized carbons (Fsp3) is 0.211. The average molecular weight is 340 g/mol. The molecule has 2 aromatic carbocycles. The van der Waals surface area contributed by atoms with Crippen molar-refractivity contribution in [2.24, 2.45) is 0 Å². The topological polar surface area (TPSA) is 57.4 Å². The number of fused-ring (bicyclic) bond motifs is 1. The molecule has 0 aliphatic heterocycles. The second-order valence-electron chi connectivity index (χ2n) is 5.44. The van der Waals surface area contributed by atoms with E-state index in [1.807, 2.05) is 49.6 Å². The van der Waals surface area contributed by atoms with Crippen molar-refractivity contribution in [3.8, 4) is 11.5 Å². The zero-order valence-electron chi connectivity index (χ0n) is 14.0. The molecule has 4 nitrogen and oxygen atoms in total. The Morgan fingerprint density at radius 2 is 1.96 bits per heavy atom. The minimum atomic E-state index is 0.374. The molecule has 0 aliphatic rings. The summed E-state index contributed by atoms with van der Waals surface area (Å²) in [7, 11) is 1.63. The van der Waals surface area contributed by atoms with Crippen molar-refractivity contribution < 1.29 is 9.47 Å². The molecule has 0 spiro atoms. The maximum atomic E-state index is 6.09. The highest BCUT2D eigenvalue weighted by atomic mass is 32.2. The third-order valence-corrected chi connectivity index (χ3v) is 4.69. The van der Waals surface area contributed by atoms with Gasteiger partial charge in [-0.3, -0.25) is 0 Å². The molecule has 3 aromatic rings. The molecule has 0 saturated heterocycles. The van der Waals surface area contributed by atoms with E-state index in [9.17, 15) is 0 Å². The number of methoxy groups -OCH3 is 1. The number of anilines is 1. The summed E-state index contributed by atoms with van der Waals surface area (Å²) in [5, 5.41) is 1.06. The van der Waals surface area contributed by atoms with Gasteiger partial charge in [0.1, 0.15) is 23.6 Å². The first-order chi connectivity index (χ1) is 11.6. The zero-order chi connectivity index (χ0) is 17.1. The van der Waals surface area contributed by atoms with Crippen LogP contribution in [0.3, 0.4) is 0 Å². The number of para-hydroxylation sites is 1. The summed E-state index contributed by atoms with van der Waals surface area (Å²) in [4.78, 5) is 5.69. The van der Waals surface area contributed by atoms with E-state index < -0.39 is 0 Å². The van der Waals surface area contributed by atoms with Crippen LogP contribution < -0.4 is 15.2 Å². The minimum Gasteiger partial charge on any atom is -0.494 e. The molecule has 0 bridgehead atoms. The third kappa shape index (κ3) is 3.12. The Morgan fingerprint density at radius 3 is 2.71 bits per heavy atom. The number of thioether (sulfide) groups is 1. The van der Waals surface area contributed by atoms with Crippen molar-refractivity contribution in [1.29, 1.82) is 0 Å². The number of hydrogen-bond donors (Lipinski definition) is 1. The predicted molar refractivity (Wildman–Crippen MR) is 100.0 cm³/mol. The lowest BCUT2D eigenvalue weighted by Gasteiger charge is -2.16. The molecule has 0 radical (unpaired) electrons. The van der Waals surface area contributed by atoms with E-state index in [1.54, 1.807) is 18.9 Å². The molecule has 24 heavy (non-hydrogen) atoms. The smallest absolute Gasteiger partial charge is 0.149 e. The van der Waals surface area contributed by atoms with Crippen LogP contribution in [-0.4, -0.2) is 18.3 Å². The molecule has 1 heterocycles. The van der Waals surface area contributed by atoms with Gasteiger partial charge in [-0.1, -0.05) is 18.2 Å². The highest BCUT2D eigenvalue weighted by molar-refractivity contribution is 7.98. The Kier molecular flexibility index (Phi) is 4.81. The average Bonchev–Trinajstić information content (AvgIpc) is 2.60. The third-order valence-electron chi connectivity index (χ3n) is 3.87. The predicted octanol–water partition coefficient (Wildman–Crippen LogP) is 4.43. The van der Waals surface area contributed by atoms with E-state index in [1.165, 1.54) is 0 Å². The van der Waals surface area contributed by atoms with E-state index in [0.29, 0.717) is 18.0 Å². The van der Waals surface area contributed by atoms with E-state index >= 15 is 0 Å². The number of nitrogens with two attached hydrogens (primary N) is 1. The van der Waals surface area contributed by atoms with Crippen LogP contribution in [0.5, 0.6) is 11.5 Å². The van der Waals surface area contributed by atoms with E-state index in [4.69, 9.17) is 15.2 Å². The molecular weight excluding hydrogens is 320 g/mol. The number of rotatable bonds is 5. The van der Waals surface area contributed by atoms with E-state index in [2.05, 4.69) is 11.1 Å². The fourth-order valence-electron chi connectivity index (χ4n) is 2.68. The Hall–Kier alpha value is -2.40. The normalized spacial score (nSPS) is 10.8. The lowest BCUT2D eigenvalue weighted by Crippen LogP contribution is -2.04. The zero-order valence-corrected chi connectivity index (χ0v) is 14.8. The Balaban J connectivity index is 1.97. The molecule has 0 amide bonds. The number of pyridine rings is 1. The van der Waals surface area contributed by atoms with Crippen molar-refractivity contribution in [3.05, 3.63) is 53.7 Å². The number of aromatic nitrogens is 1. The number of benzene rings is 2. The Bertz CT molecular complexity index is 881. The first kappa shape index (κ1) is 16.5. The van der Waals surface area contributed by atoms with Gasteiger partial charge in [0.15, 0.2) is 0 Å². The van der Waals surface area contributed by atoms with Crippen molar-refractivity contribution in [1.82, 2.24) is 4.98 Å². The van der Waals surface area contributed by atoms with E-state index in [-0.39, 0.29) is 0 Å². The van der Waals surface area contributed by atoms with Gasteiger partial charge in [0.2, 0.25) is 0 Å². The summed E-state index contributed by atoms with van der Waals surface area (Å²) in [5.41, 5.74) is 9.43. The highest BCUT2D eigenvalue weighted by Crippen LogP contribution is 2.35. The van der Waals surface area contributed by atoms with Gasteiger partial charge in [0, 0.05) is 21.5 Å². The number of ether oxygens (including phenoxy) is 2. The van der Waals surface area contributed by atoms with Crippen molar-refractivity contribution >= 4 is 28.4 Å². The van der Waals surface area contributed by atoms with Gasteiger partial charge in [-0.2, -0.15) is 0 Å². The van der Waals surface area contributed by atoms with Gasteiger partial charge in [-0.05, 0) is 37.4 Å². The maximum absolute atomic E-state index is 6.09.